The Morgan fingerprint density at radius 1 is 1.22 bits per heavy atom. The van der Waals surface area contributed by atoms with Crippen molar-refractivity contribution >= 4 is 22.1 Å². The van der Waals surface area contributed by atoms with Crippen molar-refractivity contribution in [3.63, 3.8) is 0 Å². The van der Waals surface area contributed by atoms with E-state index in [2.05, 4.69) is 16.6 Å². The SMILES string of the molecule is CCCCNc1c(-c2ccc(OC)c(OC)c2)nc2sccn12. The molecule has 0 amide bonds. The van der Waals surface area contributed by atoms with Gasteiger partial charge in [0.05, 0.1) is 14.2 Å². The minimum absolute atomic E-state index is 0.709. The number of hydrogen-bond acceptors (Lipinski definition) is 5. The van der Waals surface area contributed by atoms with Gasteiger partial charge in [-0.15, -0.1) is 11.3 Å². The van der Waals surface area contributed by atoms with Gasteiger partial charge in [-0.3, -0.25) is 4.40 Å². The summed E-state index contributed by atoms with van der Waals surface area (Å²) in [7, 11) is 3.29. The molecule has 23 heavy (non-hydrogen) atoms. The van der Waals surface area contributed by atoms with Crippen LogP contribution in [-0.2, 0) is 0 Å². The second-order valence-corrected chi connectivity index (χ2v) is 6.09. The van der Waals surface area contributed by atoms with Crippen molar-refractivity contribution in [1.29, 1.82) is 0 Å². The number of ether oxygens (including phenoxy) is 2. The number of thiazole rings is 1. The molecule has 0 unspecified atom stereocenters. The van der Waals surface area contributed by atoms with Crippen LogP contribution in [0.25, 0.3) is 16.2 Å². The third-order valence-corrected chi connectivity index (χ3v) is 4.50. The summed E-state index contributed by atoms with van der Waals surface area (Å²) in [5, 5.41) is 5.57. The first-order valence-electron chi connectivity index (χ1n) is 7.70. The highest BCUT2D eigenvalue weighted by Crippen LogP contribution is 2.36. The highest BCUT2D eigenvalue weighted by Gasteiger charge is 2.16. The van der Waals surface area contributed by atoms with Gasteiger partial charge in [-0.2, -0.15) is 0 Å². The monoisotopic (exact) mass is 331 g/mol. The fourth-order valence-corrected chi connectivity index (χ4v) is 3.24. The second-order valence-electron chi connectivity index (χ2n) is 5.21. The smallest absolute Gasteiger partial charge is 0.195 e. The number of benzene rings is 1. The molecule has 0 saturated heterocycles. The lowest BCUT2D eigenvalue weighted by Crippen LogP contribution is -2.04. The number of methoxy groups -OCH3 is 2. The van der Waals surface area contributed by atoms with Crippen molar-refractivity contribution < 1.29 is 9.47 Å². The number of rotatable bonds is 7. The van der Waals surface area contributed by atoms with Gasteiger partial charge >= 0.3 is 0 Å². The standard InChI is InChI=1S/C17H21N3O2S/c1-4-5-8-18-16-15(19-17-20(16)9-10-23-17)12-6-7-13(21-2)14(11-12)22-3/h6-7,9-11,18H,4-5,8H2,1-3H3. The van der Waals surface area contributed by atoms with Crippen molar-refractivity contribution in [3.8, 4) is 22.8 Å². The zero-order valence-corrected chi connectivity index (χ0v) is 14.4. The van der Waals surface area contributed by atoms with Crippen LogP contribution in [0.5, 0.6) is 11.5 Å². The van der Waals surface area contributed by atoms with Crippen LogP contribution in [0.15, 0.2) is 29.8 Å². The van der Waals surface area contributed by atoms with Crippen molar-refractivity contribution in [2.24, 2.45) is 0 Å². The van der Waals surface area contributed by atoms with Gasteiger partial charge in [-0.05, 0) is 24.6 Å². The quantitative estimate of drug-likeness (QED) is 0.656. The van der Waals surface area contributed by atoms with Gasteiger partial charge in [0.2, 0.25) is 0 Å². The maximum absolute atomic E-state index is 5.41. The normalized spacial score (nSPS) is 10.9. The maximum Gasteiger partial charge on any atom is 0.195 e. The van der Waals surface area contributed by atoms with Gasteiger partial charge in [-0.25, -0.2) is 4.98 Å². The zero-order chi connectivity index (χ0) is 16.2. The minimum Gasteiger partial charge on any atom is -0.493 e. The lowest BCUT2D eigenvalue weighted by molar-refractivity contribution is 0.355. The highest BCUT2D eigenvalue weighted by molar-refractivity contribution is 7.15. The van der Waals surface area contributed by atoms with Gasteiger partial charge < -0.3 is 14.8 Å². The van der Waals surface area contributed by atoms with E-state index in [4.69, 9.17) is 14.5 Å². The van der Waals surface area contributed by atoms with E-state index in [0.717, 1.165) is 47.2 Å². The maximum atomic E-state index is 5.41. The Bertz CT molecular complexity index is 794. The minimum atomic E-state index is 0.709. The van der Waals surface area contributed by atoms with Gasteiger partial charge in [0.25, 0.3) is 0 Å². The molecule has 2 aromatic heterocycles. The summed E-state index contributed by atoms with van der Waals surface area (Å²) in [6, 6.07) is 5.90. The Labute approximate surface area is 139 Å². The van der Waals surface area contributed by atoms with Crippen LogP contribution >= 0.6 is 11.3 Å². The number of unbranched alkanes of at least 4 members (excludes halogenated alkanes) is 1. The molecule has 0 radical (unpaired) electrons. The lowest BCUT2D eigenvalue weighted by Gasteiger charge is -2.11. The van der Waals surface area contributed by atoms with Crippen molar-refractivity contribution in [2.45, 2.75) is 19.8 Å². The summed E-state index contributed by atoms with van der Waals surface area (Å²) in [6.07, 6.45) is 4.33. The predicted octanol–water partition coefficient (Wildman–Crippen LogP) is 4.29. The average Bonchev–Trinajstić information content (AvgIpc) is 3.16. The van der Waals surface area contributed by atoms with E-state index in [0.29, 0.717) is 5.75 Å². The average molecular weight is 331 g/mol. The topological polar surface area (TPSA) is 47.8 Å². The van der Waals surface area contributed by atoms with E-state index >= 15 is 0 Å². The molecule has 5 nitrogen and oxygen atoms in total. The number of aromatic nitrogens is 2. The van der Waals surface area contributed by atoms with E-state index in [9.17, 15) is 0 Å². The molecule has 0 aliphatic rings. The van der Waals surface area contributed by atoms with Crippen LogP contribution < -0.4 is 14.8 Å². The third-order valence-electron chi connectivity index (χ3n) is 3.74. The molecule has 3 rings (SSSR count). The van der Waals surface area contributed by atoms with Crippen LogP contribution in [0.1, 0.15) is 19.8 Å². The van der Waals surface area contributed by atoms with Crippen LogP contribution in [0.3, 0.4) is 0 Å². The molecule has 3 aromatic rings. The molecule has 0 bridgehead atoms. The molecule has 0 aliphatic carbocycles. The Hall–Kier alpha value is -2.21. The molecule has 0 aliphatic heterocycles. The van der Waals surface area contributed by atoms with Gasteiger partial charge in [-0.1, -0.05) is 13.3 Å². The molecule has 6 heteroatoms. The molecule has 1 N–H and O–H groups in total. The van der Waals surface area contributed by atoms with E-state index in [-0.39, 0.29) is 0 Å². The molecule has 2 heterocycles. The Morgan fingerprint density at radius 3 is 2.78 bits per heavy atom. The summed E-state index contributed by atoms with van der Waals surface area (Å²) < 4.78 is 12.8. The number of fused-ring (bicyclic) bond motifs is 1. The van der Waals surface area contributed by atoms with E-state index < -0.39 is 0 Å². The fraction of sp³-hybridized carbons (Fsp3) is 0.353. The number of hydrogen-bond donors (Lipinski definition) is 1. The van der Waals surface area contributed by atoms with Crippen molar-refractivity contribution in [1.82, 2.24) is 9.38 Å². The second kappa shape index (κ2) is 6.91. The van der Waals surface area contributed by atoms with E-state index in [1.165, 1.54) is 0 Å². The largest absolute Gasteiger partial charge is 0.493 e. The third kappa shape index (κ3) is 2.99. The van der Waals surface area contributed by atoms with E-state index in [1.807, 2.05) is 29.8 Å². The van der Waals surface area contributed by atoms with Crippen LogP contribution in [0, 0.1) is 0 Å². The molecule has 0 atom stereocenters. The van der Waals surface area contributed by atoms with Crippen LogP contribution in [0.4, 0.5) is 5.82 Å². The summed E-state index contributed by atoms with van der Waals surface area (Å²) in [5.74, 6) is 2.46. The summed E-state index contributed by atoms with van der Waals surface area (Å²) >= 11 is 1.63. The molecular weight excluding hydrogens is 310 g/mol. The fourth-order valence-electron chi connectivity index (χ4n) is 2.52. The first kappa shape index (κ1) is 15.7. The predicted molar refractivity (Wildman–Crippen MR) is 95.0 cm³/mol. The number of nitrogens with one attached hydrogen (secondary N) is 1. The first-order valence-corrected chi connectivity index (χ1v) is 8.58. The molecule has 1 aromatic carbocycles. The Morgan fingerprint density at radius 2 is 2.04 bits per heavy atom. The number of nitrogens with zero attached hydrogens (tertiary/aromatic N) is 2. The zero-order valence-electron chi connectivity index (χ0n) is 13.6. The van der Waals surface area contributed by atoms with Gasteiger partial charge in [0.15, 0.2) is 16.5 Å². The van der Waals surface area contributed by atoms with Gasteiger partial charge in [0.1, 0.15) is 11.5 Å². The summed E-state index contributed by atoms with van der Waals surface area (Å²) in [4.78, 5) is 5.76. The molecule has 122 valence electrons. The molecule has 0 saturated carbocycles. The summed E-state index contributed by atoms with van der Waals surface area (Å²) in [5.41, 5.74) is 1.95. The van der Waals surface area contributed by atoms with Crippen LogP contribution in [-0.4, -0.2) is 30.1 Å². The van der Waals surface area contributed by atoms with Crippen LogP contribution in [0.2, 0.25) is 0 Å². The van der Waals surface area contributed by atoms with Gasteiger partial charge in [0, 0.05) is 23.7 Å². The highest BCUT2D eigenvalue weighted by atomic mass is 32.1. The molecule has 0 spiro atoms. The summed E-state index contributed by atoms with van der Waals surface area (Å²) in [6.45, 7) is 3.12. The lowest BCUT2D eigenvalue weighted by atomic mass is 10.1. The number of anilines is 1. The Balaban J connectivity index is 2.04. The first-order chi connectivity index (χ1) is 11.3. The molecular formula is C17H21N3O2S. The van der Waals surface area contributed by atoms with E-state index in [1.54, 1.807) is 25.6 Å². The number of imidazole rings is 1. The van der Waals surface area contributed by atoms with Crippen molar-refractivity contribution in [3.05, 3.63) is 29.8 Å². The van der Waals surface area contributed by atoms with Crippen molar-refractivity contribution in [2.75, 3.05) is 26.1 Å². The Kier molecular flexibility index (Phi) is 4.71. The molecule has 0 fully saturated rings.